The predicted octanol–water partition coefficient (Wildman–Crippen LogP) is 4.48. The van der Waals surface area contributed by atoms with E-state index in [9.17, 15) is 4.79 Å². The molecule has 0 fully saturated rings. The van der Waals surface area contributed by atoms with Gasteiger partial charge in [0.2, 0.25) is 0 Å². The maximum atomic E-state index is 12.4. The van der Waals surface area contributed by atoms with Crippen LogP contribution in [0.15, 0.2) is 48.5 Å². The largest absolute Gasteiger partial charge is 0.497 e. The van der Waals surface area contributed by atoms with Gasteiger partial charge in [0.05, 0.1) is 13.2 Å². The number of hydrogen-bond acceptors (Lipinski definition) is 2. The van der Waals surface area contributed by atoms with E-state index in [1.165, 1.54) is 0 Å². The number of ether oxygens (including phenoxy) is 1. The third-order valence-electron chi connectivity index (χ3n) is 3.51. The van der Waals surface area contributed by atoms with Gasteiger partial charge in [-0.15, -0.1) is 0 Å². The molecule has 2 aromatic carbocycles. The lowest BCUT2D eigenvalue weighted by molar-refractivity contribution is 0.0925. The summed E-state index contributed by atoms with van der Waals surface area (Å²) < 4.78 is 5.17. The molecular formula is C18H20ClNO2. The molecule has 2 rings (SSSR count). The molecule has 4 heteroatoms. The molecule has 116 valence electrons. The Morgan fingerprint density at radius 1 is 1.14 bits per heavy atom. The van der Waals surface area contributed by atoms with Crippen molar-refractivity contribution in [2.45, 2.75) is 19.9 Å². The molecule has 2 aromatic rings. The van der Waals surface area contributed by atoms with Gasteiger partial charge in [-0.2, -0.15) is 0 Å². The first-order valence-electron chi connectivity index (χ1n) is 7.21. The fourth-order valence-electron chi connectivity index (χ4n) is 2.30. The van der Waals surface area contributed by atoms with Gasteiger partial charge >= 0.3 is 0 Å². The summed E-state index contributed by atoms with van der Waals surface area (Å²) in [5, 5.41) is 3.63. The van der Waals surface area contributed by atoms with E-state index in [0.717, 1.165) is 11.3 Å². The fourth-order valence-corrected chi connectivity index (χ4v) is 2.49. The van der Waals surface area contributed by atoms with Gasteiger partial charge in [-0.05, 0) is 41.8 Å². The summed E-state index contributed by atoms with van der Waals surface area (Å²) in [6.45, 7) is 4.15. The number of carbonyl (C=O) groups excluding carboxylic acids is 1. The molecular weight excluding hydrogens is 298 g/mol. The van der Waals surface area contributed by atoms with E-state index in [2.05, 4.69) is 19.2 Å². The van der Waals surface area contributed by atoms with Crippen molar-refractivity contribution in [2.24, 2.45) is 5.92 Å². The van der Waals surface area contributed by atoms with Crippen LogP contribution >= 0.6 is 11.6 Å². The molecule has 0 aliphatic carbocycles. The van der Waals surface area contributed by atoms with Crippen LogP contribution in [0.5, 0.6) is 5.75 Å². The number of amides is 1. The van der Waals surface area contributed by atoms with E-state index in [1.807, 2.05) is 24.3 Å². The summed E-state index contributed by atoms with van der Waals surface area (Å²) >= 11 is 5.94. The number of methoxy groups -OCH3 is 1. The smallest absolute Gasteiger partial charge is 0.251 e. The topological polar surface area (TPSA) is 38.3 Å². The summed E-state index contributed by atoms with van der Waals surface area (Å²) in [4.78, 5) is 12.4. The van der Waals surface area contributed by atoms with Gasteiger partial charge in [-0.3, -0.25) is 4.79 Å². The van der Waals surface area contributed by atoms with Crippen LogP contribution in [0.2, 0.25) is 5.02 Å². The number of nitrogens with one attached hydrogen (secondary N) is 1. The van der Waals surface area contributed by atoms with Crippen LogP contribution in [0.3, 0.4) is 0 Å². The molecule has 0 saturated heterocycles. The third kappa shape index (κ3) is 4.01. The molecule has 1 unspecified atom stereocenters. The lowest BCUT2D eigenvalue weighted by atomic mass is 9.95. The summed E-state index contributed by atoms with van der Waals surface area (Å²) in [5.74, 6) is 0.931. The zero-order valence-corrected chi connectivity index (χ0v) is 13.7. The van der Waals surface area contributed by atoms with Crippen LogP contribution < -0.4 is 10.1 Å². The van der Waals surface area contributed by atoms with Gasteiger partial charge in [-0.25, -0.2) is 0 Å². The Morgan fingerprint density at radius 3 is 2.36 bits per heavy atom. The van der Waals surface area contributed by atoms with E-state index < -0.39 is 0 Å². The molecule has 1 atom stereocenters. The Morgan fingerprint density at radius 2 is 1.82 bits per heavy atom. The maximum Gasteiger partial charge on any atom is 0.251 e. The molecule has 0 bridgehead atoms. The molecule has 0 aromatic heterocycles. The van der Waals surface area contributed by atoms with Crippen molar-refractivity contribution in [2.75, 3.05) is 7.11 Å². The third-order valence-corrected chi connectivity index (χ3v) is 3.75. The van der Waals surface area contributed by atoms with Gasteiger partial charge < -0.3 is 10.1 Å². The molecule has 0 saturated carbocycles. The van der Waals surface area contributed by atoms with Crippen LogP contribution in [0, 0.1) is 5.92 Å². The van der Waals surface area contributed by atoms with Gasteiger partial charge in [0, 0.05) is 10.6 Å². The average Bonchev–Trinajstić information content (AvgIpc) is 2.52. The molecule has 1 N–H and O–H groups in total. The second-order valence-corrected chi connectivity index (χ2v) is 5.92. The van der Waals surface area contributed by atoms with E-state index in [-0.39, 0.29) is 17.9 Å². The van der Waals surface area contributed by atoms with Crippen molar-refractivity contribution in [3.8, 4) is 5.75 Å². The van der Waals surface area contributed by atoms with Gasteiger partial charge in [-0.1, -0.05) is 43.6 Å². The molecule has 3 nitrogen and oxygen atoms in total. The van der Waals surface area contributed by atoms with Crippen LogP contribution in [0.4, 0.5) is 0 Å². The van der Waals surface area contributed by atoms with Crippen LogP contribution in [-0.2, 0) is 0 Å². The number of benzene rings is 2. The first-order chi connectivity index (χ1) is 10.5. The monoisotopic (exact) mass is 317 g/mol. The summed E-state index contributed by atoms with van der Waals surface area (Å²) in [6.07, 6.45) is 0. The highest BCUT2D eigenvalue weighted by Gasteiger charge is 2.19. The Labute approximate surface area is 136 Å². The average molecular weight is 318 g/mol. The molecule has 0 heterocycles. The highest BCUT2D eigenvalue weighted by Crippen LogP contribution is 2.24. The van der Waals surface area contributed by atoms with Crippen LogP contribution in [0.25, 0.3) is 0 Å². The number of rotatable bonds is 5. The van der Waals surface area contributed by atoms with Crippen molar-refractivity contribution in [3.63, 3.8) is 0 Å². The first kappa shape index (κ1) is 16.4. The second-order valence-electron chi connectivity index (χ2n) is 5.48. The highest BCUT2D eigenvalue weighted by molar-refractivity contribution is 6.30. The Kier molecular flexibility index (Phi) is 5.45. The van der Waals surface area contributed by atoms with E-state index in [0.29, 0.717) is 10.6 Å². The second kappa shape index (κ2) is 7.32. The molecule has 0 spiro atoms. The zero-order valence-electron chi connectivity index (χ0n) is 13.0. The number of halogens is 1. The van der Waals surface area contributed by atoms with Crippen LogP contribution in [0.1, 0.15) is 35.8 Å². The van der Waals surface area contributed by atoms with E-state index in [4.69, 9.17) is 16.3 Å². The van der Waals surface area contributed by atoms with E-state index in [1.54, 1.807) is 31.4 Å². The quantitative estimate of drug-likeness (QED) is 0.883. The fraction of sp³-hybridized carbons (Fsp3) is 0.278. The summed E-state index contributed by atoms with van der Waals surface area (Å²) in [7, 11) is 1.63. The minimum absolute atomic E-state index is 0.0719. The zero-order chi connectivity index (χ0) is 16.1. The standard InChI is InChI=1S/C18H20ClNO2/c1-12(2)17(13-7-9-16(22-3)10-8-13)20-18(21)14-5-4-6-15(19)11-14/h4-12,17H,1-3H3,(H,20,21). The molecule has 22 heavy (non-hydrogen) atoms. The van der Waals surface area contributed by atoms with Crippen molar-refractivity contribution in [1.29, 1.82) is 0 Å². The highest BCUT2D eigenvalue weighted by atomic mass is 35.5. The lowest BCUT2D eigenvalue weighted by Crippen LogP contribution is -2.31. The van der Waals surface area contributed by atoms with Gasteiger partial charge in [0.25, 0.3) is 5.91 Å². The maximum absolute atomic E-state index is 12.4. The Bertz CT molecular complexity index is 638. The lowest BCUT2D eigenvalue weighted by Gasteiger charge is -2.23. The SMILES string of the molecule is COc1ccc(C(NC(=O)c2cccc(Cl)c2)C(C)C)cc1. The Balaban J connectivity index is 2.19. The van der Waals surface area contributed by atoms with Crippen LogP contribution in [-0.4, -0.2) is 13.0 Å². The number of hydrogen-bond donors (Lipinski definition) is 1. The molecule has 1 amide bonds. The molecule has 0 aliphatic rings. The predicted molar refractivity (Wildman–Crippen MR) is 89.5 cm³/mol. The molecule has 0 aliphatic heterocycles. The first-order valence-corrected chi connectivity index (χ1v) is 7.59. The normalized spacial score (nSPS) is 12.0. The van der Waals surface area contributed by atoms with Crippen molar-refractivity contribution in [3.05, 3.63) is 64.7 Å². The number of carbonyl (C=O) groups is 1. The summed E-state index contributed by atoms with van der Waals surface area (Å²) in [5.41, 5.74) is 1.61. The van der Waals surface area contributed by atoms with E-state index >= 15 is 0 Å². The van der Waals surface area contributed by atoms with Crippen molar-refractivity contribution < 1.29 is 9.53 Å². The van der Waals surface area contributed by atoms with Gasteiger partial charge in [0.15, 0.2) is 0 Å². The minimum atomic E-state index is -0.128. The van der Waals surface area contributed by atoms with Crippen molar-refractivity contribution in [1.82, 2.24) is 5.32 Å². The molecule has 0 radical (unpaired) electrons. The Hall–Kier alpha value is -2.00. The summed E-state index contributed by atoms with van der Waals surface area (Å²) in [6, 6.07) is 14.6. The van der Waals surface area contributed by atoms with Crippen molar-refractivity contribution >= 4 is 17.5 Å². The van der Waals surface area contributed by atoms with Gasteiger partial charge in [0.1, 0.15) is 5.75 Å². The minimum Gasteiger partial charge on any atom is -0.497 e.